The summed E-state index contributed by atoms with van der Waals surface area (Å²) in [5.41, 5.74) is -0.0364. The van der Waals surface area contributed by atoms with Crippen molar-refractivity contribution in [1.29, 1.82) is 0 Å². The lowest BCUT2D eigenvalue weighted by atomic mass is 10.0. The Labute approximate surface area is 206 Å². The summed E-state index contributed by atoms with van der Waals surface area (Å²) < 4.78 is 14.5. The van der Waals surface area contributed by atoms with Crippen LogP contribution in [-0.4, -0.2) is 43.3 Å². The molecule has 1 unspecified atom stereocenters. The van der Waals surface area contributed by atoms with Gasteiger partial charge in [-0.05, 0) is 50.6 Å². The van der Waals surface area contributed by atoms with Crippen LogP contribution in [0, 0.1) is 10.1 Å². The minimum atomic E-state index is -0.967. The number of hydrogen-bond donors (Lipinski definition) is 0. The van der Waals surface area contributed by atoms with Gasteiger partial charge in [0.05, 0.1) is 28.5 Å². The first-order valence-corrected chi connectivity index (χ1v) is 11.0. The van der Waals surface area contributed by atoms with Crippen LogP contribution in [0.25, 0.3) is 11.1 Å². The van der Waals surface area contributed by atoms with Crippen molar-refractivity contribution in [2.75, 3.05) is 20.3 Å². The Kier molecular flexibility index (Phi) is 12.2. The predicted molar refractivity (Wildman–Crippen MR) is 127 cm³/mol. The Hall–Kier alpha value is -2.39. The highest BCUT2D eigenvalue weighted by Crippen LogP contribution is 2.38. The molecule has 11 heteroatoms. The van der Waals surface area contributed by atoms with Gasteiger partial charge in [0.2, 0.25) is 0 Å². The molecule has 0 heterocycles. The van der Waals surface area contributed by atoms with Crippen LogP contribution >= 0.6 is 34.8 Å². The average molecular weight is 521 g/mol. The van der Waals surface area contributed by atoms with E-state index < -0.39 is 28.7 Å². The van der Waals surface area contributed by atoms with E-state index in [1.165, 1.54) is 38.3 Å². The van der Waals surface area contributed by atoms with Crippen LogP contribution < -0.4 is 0 Å². The lowest BCUT2D eigenvalue weighted by Crippen LogP contribution is -2.20. The van der Waals surface area contributed by atoms with Gasteiger partial charge in [0.25, 0.3) is 5.69 Å². The van der Waals surface area contributed by atoms with E-state index in [0.29, 0.717) is 16.1 Å². The second-order valence-corrected chi connectivity index (χ2v) is 7.76. The first-order chi connectivity index (χ1) is 15.5. The van der Waals surface area contributed by atoms with Crippen LogP contribution in [-0.2, 0) is 19.0 Å². The van der Waals surface area contributed by atoms with Crippen molar-refractivity contribution in [3.8, 4) is 11.1 Å². The lowest BCUT2D eigenvalue weighted by Gasteiger charge is -2.13. The van der Waals surface area contributed by atoms with E-state index in [4.69, 9.17) is 44.3 Å². The van der Waals surface area contributed by atoms with Gasteiger partial charge in [0.15, 0.2) is 0 Å². The Balaban J connectivity index is 0.000000981. The van der Waals surface area contributed by atoms with Crippen LogP contribution in [0.2, 0.25) is 15.1 Å². The Morgan fingerprint density at radius 3 is 2.09 bits per heavy atom. The molecule has 180 valence electrons. The van der Waals surface area contributed by atoms with Gasteiger partial charge in [-0.2, -0.15) is 0 Å². The van der Waals surface area contributed by atoms with Crippen molar-refractivity contribution in [2.24, 2.45) is 0 Å². The van der Waals surface area contributed by atoms with Crippen molar-refractivity contribution in [3.63, 3.8) is 0 Å². The summed E-state index contributed by atoms with van der Waals surface area (Å²) >= 11 is 18.3. The maximum atomic E-state index is 12.5. The molecule has 2 rings (SSSR count). The number of nitro groups is 1. The normalized spacial score (nSPS) is 11.1. The highest BCUT2D eigenvalue weighted by atomic mass is 35.5. The van der Waals surface area contributed by atoms with Gasteiger partial charge in [0, 0.05) is 29.9 Å². The number of nitrogens with zero attached hydrogens (tertiary/aromatic N) is 1. The third kappa shape index (κ3) is 8.81. The molecule has 2 aromatic carbocycles. The molecular formula is C22H24Cl3NO7. The van der Waals surface area contributed by atoms with E-state index in [0.717, 1.165) is 19.3 Å². The van der Waals surface area contributed by atoms with Gasteiger partial charge >= 0.3 is 11.9 Å². The summed E-state index contributed by atoms with van der Waals surface area (Å²) in [6.45, 7) is 7.14. The van der Waals surface area contributed by atoms with E-state index in [1.54, 1.807) is 0 Å². The summed E-state index contributed by atoms with van der Waals surface area (Å²) in [6.07, 6.45) is -1.03. The minimum Gasteiger partial charge on any atom is -0.469 e. The number of nitro benzene ring substituents is 1. The molecule has 0 amide bonds. The maximum absolute atomic E-state index is 12.5. The molecule has 0 saturated heterocycles. The fraction of sp³-hybridized carbons (Fsp3) is 0.364. The fourth-order valence-corrected chi connectivity index (χ4v) is 3.68. The average Bonchev–Trinajstić information content (AvgIpc) is 2.73. The number of hydrogen-bond acceptors (Lipinski definition) is 7. The molecule has 0 saturated carbocycles. The van der Waals surface area contributed by atoms with E-state index in [9.17, 15) is 19.7 Å². The highest BCUT2D eigenvalue weighted by Gasteiger charge is 2.25. The van der Waals surface area contributed by atoms with Crippen molar-refractivity contribution in [2.45, 2.75) is 33.3 Å². The molecule has 8 nitrogen and oxygen atoms in total. The third-order valence-corrected chi connectivity index (χ3v) is 4.92. The molecule has 0 aliphatic heterocycles. The number of carbonyl (C=O) groups excluding carboxylic acids is 2. The number of methoxy groups -OCH3 is 1. The van der Waals surface area contributed by atoms with Crippen molar-refractivity contribution in [1.82, 2.24) is 0 Å². The van der Waals surface area contributed by atoms with Crippen LogP contribution in [0.3, 0.4) is 0 Å². The summed E-state index contributed by atoms with van der Waals surface area (Å²) in [5, 5.41) is 12.1. The van der Waals surface area contributed by atoms with E-state index in [1.807, 2.05) is 13.8 Å². The molecule has 0 N–H and O–H groups in total. The number of benzene rings is 2. The lowest BCUT2D eigenvalue weighted by molar-refractivity contribution is -0.385. The molecule has 0 aromatic heterocycles. The zero-order valence-electron chi connectivity index (χ0n) is 18.5. The van der Waals surface area contributed by atoms with E-state index >= 15 is 0 Å². The summed E-state index contributed by atoms with van der Waals surface area (Å²) in [5.74, 6) is -1.55. The summed E-state index contributed by atoms with van der Waals surface area (Å²) in [4.78, 5) is 34.4. The molecule has 0 bridgehead atoms. The first-order valence-electron chi connectivity index (χ1n) is 9.84. The molecule has 0 spiro atoms. The Morgan fingerprint density at radius 1 is 1.06 bits per heavy atom. The number of carbonyl (C=O) groups is 2. The maximum Gasteiger partial charge on any atom is 0.345 e. The van der Waals surface area contributed by atoms with Gasteiger partial charge in [-0.25, -0.2) is 4.79 Å². The number of rotatable bonds is 8. The van der Waals surface area contributed by atoms with Crippen LogP contribution in [0.4, 0.5) is 5.69 Å². The second kappa shape index (κ2) is 14.0. The van der Waals surface area contributed by atoms with Crippen molar-refractivity contribution in [3.05, 3.63) is 61.1 Å². The van der Waals surface area contributed by atoms with Crippen LogP contribution in [0.15, 0.2) is 30.3 Å². The largest absolute Gasteiger partial charge is 0.469 e. The van der Waals surface area contributed by atoms with Gasteiger partial charge in [-0.3, -0.25) is 14.9 Å². The molecule has 0 aliphatic rings. The smallest absolute Gasteiger partial charge is 0.345 e. The van der Waals surface area contributed by atoms with Gasteiger partial charge in [-0.15, -0.1) is 0 Å². The number of ether oxygens (including phenoxy) is 3. The Bertz CT molecular complexity index is 973. The van der Waals surface area contributed by atoms with E-state index in [-0.39, 0.29) is 22.0 Å². The number of esters is 2. The van der Waals surface area contributed by atoms with Crippen molar-refractivity contribution >= 4 is 52.4 Å². The quantitative estimate of drug-likeness (QED) is 0.226. The van der Waals surface area contributed by atoms with Crippen molar-refractivity contribution < 1.29 is 28.7 Å². The second-order valence-electron chi connectivity index (χ2n) is 6.51. The van der Waals surface area contributed by atoms with E-state index in [2.05, 4.69) is 4.74 Å². The molecule has 0 fully saturated rings. The first kappa shape index (κ1) is 28.6. The van der Waals surface area contributed by atoms with Gasteiger partial charge in [0.1, 0.15) is 11.7 Å². The molecular weight excluding hydrogens is 497 g/mol. The van der Waals surface area contributed by atoms with Gasteiger partial charge < -0.3 is 14.2 Å². The predicted octanol–water partition coefficient (Wildman–Crippen LogP) is 6.37. The molecule has 0 aliphatic carbocycles. The summed E-state index contributed by atoms with van der Waals surface area (Å²) in [7, 11) is 1.20. The van der Waals surface area contributed by atoms with Crippen LogP contribution in [0.1, 0.15) is 37.6 Å². The topological polar surface area (TPSA) is 105 Å². The molecule has 0 radical (unpaired) electrons. The summed E-state index contributed by atoms with van der Waals surface area (Å²) in [6, 6.07) is 6.74. The minimum absolute atomic E-state index is 0.190. The zero-order chi connectivity index (χ0) is 25.1. The van der Waals surface area contributed by atoms with Crippen LogP contribution in [0.5, 0.6) is 0 Å². The molecule has 2 aromatic rings. The molecule has 33 heavy (non-hydrogen) atoms. The fourth-order valence-electron chi connectivity index (χ4n) is 2.64. The Morgan fingerprint density at radius 2 is 1.64 bits per heavy atom. The number of halogens is 3. The van der Waals surface area contributed by atoms with Gasteiger partial charge in [-0.1, -0.05) is 34.8 Å². The standard InChI is InChI=1S/C18H14Cl3NO6.C4H10O/c1-9(5-16(23)27-2)28-18(24)12-6-10(3-4-15(12)22(25)26)17-13(20)7-11(19)8-14(17)21;1-3-5-4-2/h3-4,6-9H,5H2,1-2H3;3-4H2,1-2H3. The third-order valence-electron chi connectivity index (χ3n) is 4.11. The molecule has 1 atom stereocenters. The zero-order valence-corrected chi connectivity index (χ0v) is 20.8. The SMILES string of the molecule is CCOCC.COC(=O)CC(C)OC(=O)c1cc(-c2c(Cl)cc(Cl)cc2Cl)ccc1[N+](=O)[O-]. The monoisotopic (exact) mass is 519 g/mol. The highest BCUT2D eigenvalue weighted by molar-refractivity contribution is 6.41.